The number of amides is 1. The molecule has 0 spiro atoms. The first-order valence-electron chi connectivity index (χ1n) is 10.9. The fourth-order valence-corrected chi connectivity index (χ4v) is 6.18. The summed E-state index contributed by atoms with van der Waals surface area (Å²) in [5.74, 6) is -1.15. The van der Waals surface area contributed by atoms with Gasteiger partial charge in [0.1, 0.15) is 11.6 Å². The molecule has 0 aliphatic carbocycles. The summed E-state index contributed by atoms with van der Waals surface area (Å²) in [7, 11) is 0. The van der Waals surface area contributed by atoms with Gasteiger partial charge in [-0.25, -0.2) is 18.7 Å². The maximum absolute atomic E-state index is 14.4. The van der Waals surface area contributed by atoms with E-state index < -0.39 is 17.7 Å². The Morgan fingerprint density at radius 1 is 1.21 bits per heavy atom. The van der Waals surface area contributed by atoms with Crippen molar-refractivity contribution in [2.75, 3.05) is 11.9 Å². The second-order valence-corrected chi connectivity index (χ2v) is 10.8. The van der Waals surface area contributed by atoms with E-state index >= 15 is 0 Å². The molecule has 1 fully saturated rings. The smallest absolute Gasteiger partial charge is 0.241 e. The number of nitrogens with one attached hydrogen (secondary N) is 1. The molecule has 4 aromatic rings. The molecule has 9 heteroatoms. The number of anilines is 1. The molecule has 2 aromatic heterocycles. The molecule has 1 N–H and O–H groups in total. The molecule has 1 saturated heterocycles. The third kappa shape index (κ3) is 5.11. The number of hydrogen-bond donors (Lipinski definition) is 1. The largest absolute Gasteiger partial charge is 0.325 e. The van der Waals surface area contributed by atoms with Gasteiger partial charge in [0.15, 0.2) is 0 Å². The molecular weight excluding hydrogens is 474 g/mol. The van der Waals surface area contributed by atoms with Crippen LogP contribution in [0.4, 0.5) is 14.5 Å². The summed E-state index contributed by atoms with van der Waals surface area (Å²) in [4.78, 5) is 24.1. The molecule has 1 amide bonds. The third-order valence-corrected chi connectivity index (χ3v) is 7.85. The van der Waals surface area contributed by atoms with Crippen molar-refractivity contribution in [3.63, 3.8) is 0 Å². The van der Waals surface area contributed by atoms with Crippen LogP contribution >= 0.6 is 23.1 Å². The molecule has 5 rings (SSSR count). The van der Waals surface area contributed by atoms with Crippen LogP contribution in [-0.2, 0) is 11.3 Å². The van der Waals surface area contributed by atoms with E-state index in [1.54, 1.807) is 29.3 Å². The summed E-state index contributed by atoms with van der Waals surface area (Å²) in [6.45, 7) is 2.65. The molecule has 174 valence electrons. The third-order valence-electron chi connectivity index (χ3n) is 5.74. The summed E-state index contributed by atoms with van der Waals surface area (Å²) in [6, 6.07) is 14.3. The highest BCUT2D eigenvalue weighted by atomic mass is 32.2. The minimum Gasteiger partial charge on any atom is -0.325 e. The fourth-order valence-electron chi connectivity index (χ4n) is 4.21. The van der Waals surface area contributed by atoms with Crippen LogP contribution in [0, 0.1) is 18.6 Å². The second kappa shape index (κ2) is 9.77. The second-order valence-electron chi connectivity index (χ2n) is 8.23. The Balaban J connectivity index is 1.37. The van der Waals surface area contributed by atoms with Gasteiger partial charge < -0.3 is 5.32 Å². The first kappa shape index (κ1) is 22.9. The lowest BCUT2D eigenvalue weighted by molar-refractivity contribution is -0.120. The number of pyridine rings is 1. The molecule has 1 aliphatic heterocycles. The number of fused-ring (bicyclic) bond motifs is 1. The standard InChI is InChI=1S/C25H22F2N4OS2/c1-15-29-21-11-18(6-8-23(21)33-15)30-25(32)22-12-19(34-24-4-2-3-9-28-24)14-31(22)13-16-10-17(26)5-7-20(16)27/h2-11,19,22H,12-14H2,1H3,(H,30,32)/t19-,22+/m1/s1. The highest BCUT2D eigenvalue weighted by Crippen LogP contribution is 2.34. The maximum Gasteiger partial charge on any atom is 0.241 e. The number of aryl methyl sites for hydroxylation is 1. The molecule has 0 radical (unpaired) electrons. The van der Waals surface area contributed by atoms with Crippen molar-refractivity contribution in [3.05, 3.63) is 83.0 Å². The molecule has 3 heterocycles. The van der Waals surface area contributed by atoms with Crippen LogP contribution in [0.3, 0.4) is 0 Å². The van der Waals surface area contributed by atoms with E-state index in [-0.39, 0.29) is 23.3 Å². The van der Waals surface area contributed by atoms with E-state index in [1.165, 1.54) is 6.07 Å². The topological polar surface area (TPSA) is 58.1 Å². The van der Waals surface area contributed by atoms with Gasteiger partial charge in [-0.2, -0.15) is 0 Å². The van der Waals surface area contributed by atoms with E-state index in [9.17, 15) is 13.6 Å². The Hall–Kier alpha value is -2.88. The number of likely N-dealkylation sites (tertiary alicyclic amines) is 1. The Bertz CT molecular complexity index is 1330. The van der Waals surface area contributed by atoms with Gasteiger partial charge >= 0.3 is 0 Å². The Morgan fingerprint density at radius 2 is 2.09 bits per heavy atom. The number of carbonyl (C=O) groups excluding carboxylic acids is 1. The van der Waals surface area contributed by atoms with E-state index in [0.717, 1.165) is 32.4 Å². The van der Waals surface area contributed by atoms with Crippen molar-refractivity contribution in [2.24, 2.45) is 0 Å². The lowest BCUT2D eigenvalue weighted by Crippen LogP contribution is -2.39. The molecule has 0 saturated carbocycles. The zero-order valence-corrected chi connectivity index (χ0v) is 20.0. The summed E-state index contributed by atoms with van der Waals surface area (Å²) < 4.78 is 29.2. The predicted molar refractivity (Wildman–Crippen MR) is 132 cm³/mol. The molecule has 1 aliphatic rings. The normalized spacial score (nSPS) is 18.4. The molecule has 0 unspecified atom stereocenters. The van der Waals surface area contributed by atoms with Crippen molar-refractivity contribution >= 4 is 44.9 Å². The van der Waals surface area contributed by atoms with Crippen LogP contribution in [0.2, 0.25) is 0 Å². The van der Waals surface area contributed by atoms with Crippen LogP contribution in [0.1, 0.15) is 17.0 Å². The molecule has 0 bridgehead atoms. The quantitative estimate of drug-likeness (QED) is 0.374. The van der Waals surface area contributed by atoms with Crippen LogP contribution in [0.5, 0.6) is 0 Å². The maximum atomic E-state index is 14.4. The van der Waals surface area contributed by atoms with Gasteiger partial charge in [-0.05, 0) is 61.9 Å². The van der Waals surface area contributed by atoms with Crippen LogP contribution in [0.15, 0.2) is 65.8 Å². The zero-order valence-electron chi connectivity index (χ0n) is 18.4. The minimum atomic E-state index is -0.497. The average molecular weight is 497 g/mol. The Kier molecular flexibility index (Phi) is 6.58. The van der Waals surface area contributed by atoms with Gasteiger partial charge in [-0.1, -0.05) is 6.07 Å². The number of halogens is 2. The molecule has 34 heavy (non-hydrogen) atoms. The monoisotopic (exact) mass is 496 g/mol. The molecule has 2 atom stereocenters. The van der Waals surface area contributed by atoms with Crippen LogP contribution < -0.4 is 5.32 Å². The van der Waals surface area contributed by atoms with Gasteiger partial charge in [0.2, 0.25) is 5.91 Å². The van der Waals surface area contributed by atoms with Gasteiger partial charge in [0.25, 0.3) is 0 Å². The number of carbonyl (C=O) groups is 1. The van der Waals surface area contributed by atoms with Crippen molar-refractivity contribution in [1.29, 1.82) is 0 Å². The number of rotatable bonds is 6. The molecule has 5 nitrogen and oxygen atoms in total. The van der Waals surface area contributed by atoms with Crippen molar-refractivity contribution in [2.45, 2.75) is 36.2 Å². The average Bonchev–Trinajstić information content (AvgIpc) is 3.38. The number of thioether (sulfide) groups is 1. The number of aromatic nitrogens is 2. The summed E-state index contributed by atoms with van der Waals surface area (Å²) in [5, 5.41) is 4.93. The van der Waals surface area contributed by atoms with E-state index in [2.05, 4.69) is 15.3 Å². The summed E-state index contributed by atoms with van der Waals surface area (Å²) >= 11 is 3.20. The number of nitrogens with zero attached hydrogens (tertiary/aromatic N) is 3. The molecular formula is C25H22F2N4OS2. The van der Waals surface area contributed by atoms with Gasteiger partial charge in [0.05, 0.1) is 26.3 Å². The van der Waals surface area contributed by atoms with Gasteiger partial charge in [-0.3, -0.25) is 9.69 Å². The van der Waals surface area contributed by atoms with Crippen molar-refractivity contribution in [3.8, 4) is 0 Å². The minimum absolute atomic E-state index is 0.0888. The lowest BCUT2D eigenvalue weighted by atomic mass is 10.1. The molecule has 2 aromatic carbocycles. The van der Waals surface area contributed by atoms with Crippen LogP contribution in [0.25, 0.3) is 10.2 Å². The number of benzene rings is 2. The van der Waals surface area contributed by atoms with Crippen LogP contribution in [-0.4, -0.2) is 38.6 Å². The van der Waals surface area contributed by atoms with Crippen molar-refractivity contribution in [1.82, 2.24) is 14.9 Å². The SMILES string of the molecule is Cc1nc2cc(NC(=O)[C@@H]3C[C@@H](Sc4ccccn4)CN3Cc3cc(F)ccc3F)ccc2s1. The van der Waals surface area contributed by atoms with E-state index in [1.807, 2.05) is 48.2 Å². The zero-order chi connectivity index (χ0) is 23.7. The number of thiazole rings is 1. The highest BCUT2D eigenvalue weighted by molar-refractivity contribution is 7.99. The summed E-state index contributed by atoms with van der Waals surface area (Å²) in [5.41, 5.74) is 1.75. The first-order chi connectivity index (χ1) is 16.4. The predicted octanol–water partition coefficient (Wildman–Crippen LogP) is 5.65. The Morgan fingerprint density at radius 3 is 2.91 bits per heavy atom. The van der Waals surface area contributed by atoms with E-state index in [4.69, 9.17) is 0 Å². The van der Waals surface area contributed by atoms with E-state index in [0.29, 0.717) is 18.7 Å². The summed E-state index contributed by atoms with van der Waals surface area (Å²) in [6.07, 6.45) is 2.31. The number of hydrogen-bond acceptors (Lipinski definition) is 6. The van der Waals surface area contributed by atoms with Gasteiger partial charge in [-0.15, -0.1) is 23.1 Å². The first-order valence-corrected chi connectivity index (χ1v) is 12.6. The van der Waals surface area contributed by atoms with Gasteiger partial charge in [0, 0.05) is 35.8 Å². The Labute approximate surface area is 204 Å². The fraction of sp³-hybridized carbons (Fsp3) is 0.240. The van der Waals surface area contributed by atoms with Crippen molar-refractivity contribution < 1.29 is 13.6 Å². The lowest BCUT2D eigenvalue weighted by Gasteiger charge is -2.24. The highest BCUT2D eigenvalue weighted by Gasteiger charge is 2.38.